The van der Waals surface area contributed by atoms with E-state index >= 15 is 0 Å². The fourth-order valence-electron chi connectivity index (χ4n) is 4.50. The van der Waals surface area contributed by atoms with E-state index in [1.165, 1.54) is 18.0 Å². The quantitative estimate of drug-likeness (QED) is 0.462. The lowest BCUT2D eigenvalue weighted by Gasteiger charge is -2.32. The van der Waals surface area contributed by atoms with Gasteiger partial charge in [-0.2, -0.15) is 0 Å². The monoisotopic (exact) mass is 567 g/mol. The summed E-state index contributed by atoms with van der Waals surface area (Å²) in [6.07, 6.45) is 3.45. The van der Waals surface area contributed by atoms with Crippen LogP contribution in [0.3, 0.4) is 0 Å². The standard InChI is InChI=1S/C25H26FN5O3S.2ClH/c1-34-16-2-3-20-18(12-16)17(19(26)13-27-20)8-11-31-9-6-15(7-10-31)28-25(33)21-4-5-22-24(29-21)30-23(32)14-35-22;;/h2-5,12-13,15H,6-11,14H2,1H3,(H,28,33)(H,29,30,32);2*1H. The number of pyridine rings is 2. The summed E-state index contributed by atoms with van der Waals surface area (Å²) in [6, 6.07) is 9.06. The molecule has 0 radical (unpaired) electrons. The first-order valence-corrected chi connectivity index (χ1v) is 12.6. The molecular weight excluding hydrogens is 540 g/mol. The van der Waals surface area contributed by atoms with Crippen molar-refractivity contribution >= 4 is 65.1 Å². The summed E-state index contributed by atoms with van der Waals surface area (Å²) >= 11 is 1.41. The van der Waals surface area contributed by atoms with Crippen LogP contribution in [0.1, 0.15) is 28.9 Å². The van der Waals surface area contributed by atoms with Crippen LogP contribution in [-0.4, -0.2) is 65.2 Å². The molecule has 2 aliphatic rings. The van der Waals surface area contributed by atoms with Crippen LogP contribution in [0.2, 0.25) is 0 Å². The number of benzene rings is 1. The minimum absolute atomic E-state index is 0. The molecule has 37 heavy (non-hydrogen) atoms. The maximum absolute atomic E-state index is 14.6. The molecule has 1 saturated heterocycles. The van der Waals surface area contributed by atoms with Crippen molar-refractivity contribution < 1.29 is 18.7 Å². The highest BCUT2D eigenvalue weighted by molar-refractivity contribution is 8.00. The number of ether oxygens (including phenoxy) is 1. The smallest absolute Gasteiger partial charge is 0.270 e. The molecule has 2 N–H and O–H groups in total. The van der Waals surface area contributed by atoms with Crippen molar-refractivity contribution in [3.8, 4) is 5.75 Å². The molecule has 0 aliphatic carbocycles. The number of thioether (sulfide) groups is 1. The van der Waals surface area contributed by atoms with Gasteiger partial charge in [-0.05, 0) is 49.6 Å². The Morgan fingerprint density at radius 1 is 1.24 bits per heavy atom. The normalized spacial score (nSPS) is 15.7. The summed E-state index contributed by atoms with van der Waals surface area (Å²) in [5, 5.41) is 6.56. The second kappa shape index (κ2) is 12.7. The molecule has 5 rings (SSSR count). The van der Waals surface area contributed by atoms with Crippen molar-refractivity contribution in [2.24, 2.45) is 0 Å². The third kappa shape index (κ3) is 6.62. The number of carbonyl (C=O) groups is 2. The van der Waals surface area contributed by atoms with E-state index in [4.69, 9.17) is 4.74 Å². The molecule has 8 nitrogen and oxygen atoms in total. The molecule has 12 heteroatoms. The first kappa shape index (κ1) is 28.9. The second-order valence-corrected chi connectivity index (χ2v) is 9.70. The molecule has 2 aliphatic heterocycles. The molecule has 2 amide bonds. The Hall–Kier alpha value is -2.66. The van der Waals surface area contributed by atoms with E-state index in [0.717, 1.165) is 48.3 Å². The Balaban J connectivity index is 0.00000190. The fourth-order valence-corrected chi connectivity index (χ4v) is 5.26. The third-order valence-corrected chi connectivity index (χ3v) is 7.49. The number of hydrogen-bond donors (Lipinski definition) is 2. The van der Waals surface area contributed by atoms with Gasteiger partial charge in [0.1, 0.15) is 23.1 Å². The zero-order valence-electron chi connectivity index (χ0n) is 20.2. The molecule has 1 aromatic carbocycles. The zero-order chi connectivity index (χ0) is 24.4. The molecule has 0 saturated carbocycles. The van der Waals surface area contributed by atoms with E-state index in [1.807, 2.05) is 24.3 Å². The van der Waals surface area contributed by atoms with Gasteiger partial charge in [0.25, 0.3) is 5.91 Å². The lowest BCUT2D eigenvalue weighted by Crippen LogP contribution is -2.45. The molecule has 3 aromatic rings. The number of halogens is 3. The van der Waals surface area contributed by atoms with Crippen LogP contribution >= 0.6 is 36.6 Å². The van der Waals surface area contributed by atoms with Crippen LogP contribution in [0.4, 0.5) is 10.2 Å². The largest absolute Gasteiger partial charge is 0.497 e. The van der Waals surface area contributed by atoms with E-state index in [-0.39, 0.29) is 48.5 Å². The average Bonchev–Trinajstić information content (AvgIpc) is 2.88. The van der Waals surface area contributed by atoms with Gasteiger partial charge in [-0.25, -0.2) is 9.37 Å². The molecular formula is C25H28Cl2FN5O3S. The number of likely N-dealkylation sites (tertiary alicyclic amines) is 1. The highest BCUT2D eigenvalue weighted by atomic mass is 35.5. The van der Waals surface area contributed by atoms with Crippen molar-refractivity contribution in [2.75, 3.05) is 37.8 Å². The Bertz CT molecular complexity index is 1290. The number of hydrogen-bond acceptors (Lipinski definition) is 7. The highest BCUT2D eigenvalue weighted by Gasteiger charge is 2.24. The van der Waals surface area contributed by atoms with Crippen LogP contribution in [0.25, 0.3) is 10.9 Å². The van der Waals surface area contributed by atoms with Gasteiger partial charge in [0, 0.05) is 36.6 Å². The Kier molecular flexibility index (Phi) is 9.94. The molecule has 0 spiro atoms. The molecule has 2 aromatic heterocycles. The summed E-state index contributed by atoms with van der Waals surface area (Å²) in [7, 11) is 1.59. The van der Waals surface area contributed by atoms with Crippen molar-refractivity contribution in [3.63, 3.8) is 0 Å². The fraction of sp³-hybridized carbons (Fsp3) is 0.360. The lowest BCUT2D eigenvalue weighted by molar-refractivity contribution is -0.113. The SMILES string of the molecule is COc1ccc2ncc(F)c(CCN3CCC(NC(=O)c4ccc5c(n4)NC(=O)CS5)CC3)c2c1.Cl.Cl. The molecule has 4 heterocycles. The van der Waals surface area contributed by atoms with Crippen LogP contribution < -0.4 is 15.4 Å². The summed E-state index contributed by atoms with van der Waals surface area (Å²) in [5.74, 6) is 0.824. The topological polar surface area (TPSA) is 96.4 Å². The lowest BCUT2D eigenvalue weighted by atomic mass is 10.0. The van der Waals surface area contributed by atoms with Gasteiger partial charge in [0.05, 0.1) is 29.5 Å². The first-order chi connectivity index (χ1) is 17.0. The Labute approximate surface area is 231 Å². The number of anilines is 1. The first-order valence-electron chi connectivity index (χ1n) is 11.6. The number of nitrogens with one attached hydrogen (secondary N) is 2. The van der Waals surface area contributed by atoms with E-state index in [2.05, 4.69) is 25.5 Å². The van der Waals surface area contributed by atoms with Crippen molar-refractivity contribution in [1.29, 1.82) is 0 Å². The average molecular weight is 569 g/mol. The van der Waals surface area contributed by atoms with E-state index in [0.29, 0.717) is 35.0 Å². The van der Waals surface area contributed by atoms with Gasteiger partial charge in [-0.1, -0.05) is 0 Å². The number of nitrogens with zero attached hydrogens (tertiary/aromatic N) is 3. The van der Waals surface area contributed by atoms with Crippen LogP contribution in [0, 0.1) is 5.82 Å². The molecule has 0 bridgehead atoms. The van der Waals surface area contributed by atoms with Gasteiger partial charge >= 0.3 is 0 Å². The number of aromatic nitrogens is 2. The summed E-state index contributed by atoms with van der Waals surface area (Å²) < 4.78 is 19.9. The highest BCUT2D eigenvalue weighted by Crippen LogP contribution is 2.30. The summed E-state index contributed by atoms with van der Waals surface area (Å²) in [5.41, 5.74) is 1.69. The van der Waals surface area contributed by atoms with E-state index in [9.17, 15) is 14.0 Å². The van der Waals surface area contributed by atoms with Crippen LogP contribution in [0.15, 0.2) is 41.4 Å². The molecule has 1 fully saturated rings. The van der Waals surface area contributed by atoms with E-state index in [1.54, 1.807) is 13.2 Å². The summed E-state index contributed by atoms with van der Waals surface area (Å²) in [6.45, 7) is 2.34. The predicted octanol–water partition coefficient (Wildman–Crippen LogP) is 4.10. The number of methoxy groups -OCH3 is 1. The predicted molar refractivity (Wildman–Crippen MR) is 147 cm³/mol. The molecule has 198 valence electrons. The second-order valence-electron chi connectivity index (χ2n) is 8.69. The number of carbonyl (C=O) groups excluding carboxylic acids is 2. The van der Waals surface area contributed by atoms with E-state index < -0.39 is 0 Å². The molecule has 0 unspecified atom stereocenters. The van der Waals surface area contributed by atoms with Crippen molar-refractivity contribution in [1.82, 2.24) is 20.2 Å². The van der Waals surface area contributed by atoms with Crippen molar-refractivity contribution in [3.05, 3.63) is 53.6 Å². The van der Waals surface area contributed by atoms with Gasteiger partial charge in [0.2, 0.25) is 5.91 Å². The van der Waals surface area contributed by atoms with Gasteiger partial charge in [0.15, 0.2) is 0 Å². The van der Waals surface area contributed by atoms with Gasteiger partial charge in [-0.3, -0.25) is 14.6 Å². The minimum Gasteiger partial charge on any atom is -0.497 e. The number of piperidine rings is 1. The summed E-state index contributed by atoms with van der Waals surface area (Å²) in [4.78, 5) is 36.0. The van der Waals surface area contributed by atoms with Crippen LogP contribution in [-0.2, 0) is 11.2 Å². The Morgan fingerprint density at radius 2 is 2.03 bits per heavy atom. The maximum Gasteiger partial charge on any atom is 0.270 e. The maximum atomic E-state index is 14.6. The minimum atomic E-state index is -0.306. The number of rotatable bonds is 6. The zero-order valence-corrected chi connectivity index (χ0v) is 22.6. The van der Waals surface area contributed by atoms with Gasteiger partial charge in [-0.15, -0.1) is 36.6 Å². The number of fused-ring (bicyclic) bond motifs is 2. The number of amides is 2. The Morgan fingerprint density at radius 3 is 2.78 bits per heavy atom. The molecule has 0 atom stereocenters. The van der Waals surface area contributed by atoms with Gasteiger partial charge < -0.3 is 20.3 Å². The third-order valence-electron chi connectivity index (χ3n) is 6.44. The van der Waals surface area contributed by atoms with Crippen LogP contribution in [0.5, 0.6) is 5.75 Å². The van der Waals surface area contributed by atoms with Crippen molar-refractivity contribution in [2.45, 2.75) is 30.2 Å².